The first-order valence-corrected chi connectivity index (χ1v) is 7.04. The molecule has 1 fully saturated rings. The van der Waals surface area contributed by atoms with Gasteiger partial charge in [0.15, 0.2) is 0 Å². The minimum Gasteiger partial charge on any atom is -0.497 e. The molecule has 0 spiro atoms. The molecule has 21 heavy (non-hydrogen) atoms. The number of methoxy groups -OCH3 is 1. The number of hydrogen-bond acceptors (Lipinski definition) is 3. The lowest BCUT2D eigenvalue weighted by atomic mass is 9.99. The van der Waals surface area contributed by atoms with Crippen molar-refractivity contribution >= 4 is 16.7 Å². The minimum atomic E-state index is 0.0201. The third-order valence-electron chi connectivity index (χ3n) is 4.21. The van der Waals surface area contributed by atoms with Crippen molar-refractivity contribution in [2.45, 2.75) is 12.3 Å². The number of hydrogen-bond donors (Lipinski definition) is 0. The second kappa shape index (κ2) is 5.37. The molecule has 3 rings (SSSR count). The van der Waals surface area contributed by atoms with Crippen molar-refractivity contribution in [2.24, 2.45) is 5.92 Å². The molecule has 0 aromatic heterocycles. The normalized spacial score (nSPS) is 20.3. The fraction of sp³-hybridized carbons (Fsp3) is 0.353. The van der Waals surface area contributed by atoms with Gasteiger partial charge in [0.2, 0.25) is 5.91 Å². The highest BCUT2D eigenvalue weighted by atomic mass is 16.7. The molecule has 0 aliphatic heterocycles. The summed E-state index contributed by atoms with van der Waals surface area (Å²) in [5, 5.41) is 3.65. The van der Waals surface area contributed by atoms with Crippen molar-refractivity contribution in [1.29, 1.82) is 0 Å². The Balaban J connectivity index is 1.93. The van der Waals surface area contributed by atoms with Crippen LogP contribution >= 0.6 is 0 Å². The van der Waals surface area contributed by atoms with Crippen LogP contribution in [-0.4, -0.2) is 32.2 Å². The lowest BCUT2D eigenvalue weighted by molar-refractivity contribution is -0.170. The summed E-state index contributed by atoms with van der Waals surface area (Å²) in [5.74, 6) is 1.17. The van der Waals surface area contributed by atoms with Crippen LogP contribution in [0.1, 0.15) is 17.9 Å². The Bertz CT molecular complexity index is 683. The molecule has 2 atom stereocenters. The smallest absolute Gasteiger partial charge is 0.249 e. The lowest BCUT2D eigenvalue weighted by Crippen LogP contribution is -2.27. The molecule has 110 valence electrons. The Labute approximate surface area is 124 Å². The van der Waals surface area contributed by atoms with Crippen molar-refractivity contribution in [3.8, 4) is 5.75 Å². The molecule has 2 aromatic rings. The number of benzene rings is 2. The van der Waals surface area contributed by atoms with E-state index in [1.165, 1.54) is 23.1 Å². The van der Waals surface area contributed by atoms with Gasteiger partial charge < -0.3 is 4.74 Å². The van der Waals surface area contributed by atoms with E-state index in [2.05, 4.69) is 18.2 Å². The van der Waals surface area contributed by atoms with Crippen LogP contribution in [0.25, 0.3) is 10.8 Å². The van der Waals surface area contributed by atoms with E-state index in [-0.39, 0.29) is 17.7 Å². The van der Waals surface area contributed by atoms with Crippen LogP contribution < -0.4 is 4.74 Å². The van der Waals surface area contributed by atoms with Crippen molar-refractivity contribution < 1.29 is 14.4 Å². The van der Waals surface area contributed by atoms with Gasteiger partial charge in [-0.15, -0.1) is 0 Å². The van der Waals surface area contributed by atoms with E-state index in [0.717, 1.165) is 17.6 Å². The maximum absolute atomic E-state index is 12.2. The van der Waals surface area contributed by atoms with Gasteiger partial charge in [0.05, 0.1) is 14.2 Å². The molecule has 4 heteroatoms. The first kappa shape index (κ1) is 13.9. The lowest BCUT2D eigenvalue weighted by Gasteiger charge is -2.14. The second-order valence-electron chi connectivity index (χ2n) is 5.40. The summed E-state index contributed by atoms with van der Waals surface area (Å²) in [5.41, 5.74) is 1.22. The number of carbonyl (C=O) groups excluding carboxylic acids is 1. The SMILES string of the molecule is COc1ccc2cccc(C3CC3C(=O)N(C)OC)c2c1. The van der Waals surface area contributed by atoms with Crippen LogP contribution in [0.4, 0.5) is 0 Å². The quantitative estimate of drug-likeness (QED) is 0.811. The largest absolute Gasteiger partial charge is 0.497 e. The molecule has 0 saturated heterocycles. The van der Waals surface area contributed by atoms with Gasteiger partial charge in [0.25, 0.3) is 0 Å². The Hall–Kier alpha value is -2.07. The Morgan fingerprint density at radius 1 is 1.24 bits per heavy atom. The van der Waals surface area contributed by atoms with Gasteiger partial charge in [0, 0.05) is 13.0 Å². The summed E-state index contributed by atoms with van der Waals surface area (Å²) in [7, 11) is 4.84. The number of carbonyl (C=O) groups is 1. The first-order chi connectivity index (χ1) is 10.2. The molecule has 1 aliphatic rings. The van der Waals surface area contributed by atoms with E-state index < -0.39 is 0 Å². The standard InChI is InChI=1S/C17H19NO3/c1-18(21-3)17(19)16-10-15(16)13-6-4-5-11-7-8-12(20-2)9-14(11)13/h4-9,15-16H,10H2,1-3H3. The zero-order valence-electron chi connectivity index (χ0n) is 12.5. The second-order valence-corrected chi connectivity index (χ2v) is 5.40. The first-order valence-electron chi connectivity index (χ1n) is 7.04. The van der Waals surface area contributed by atoms with Crippen LogP contribution in [0.15, 0.2) is 36.4 Å². The number of nitrogens with zero attached hydrogens (tertiary/aromatic N) is 1. The molecule has 0 radical (unpaired) electrons. The number of hydroxylamine groups is 2. The van der Waals surface area contributed by atoms with Crippen molar-refractivity contribution in [1.82, 2.24) is 5.06 Å². The Morgan fingerprint density at radius 3 is 2.76 bits per heavy atom. The van der Waals surface area contributed by atoms with Gasteiger partial charge in [-0.05, 0) is 40.8 Å². The van der Waals surface area contributed by atoms with Crippen LogP contribution in [0.2, 0.25) is 0 Å². The van der Waals surface area contributed by atoms with Gasteiger partial charge in [0.1, 0.15) is 5.75 Å². The summed E-state index contributed by atoms with van der Waals surface area (Å²) < 4.78 is 5.31. The van der Waals surface area contributed by atoms with E-state index in [1.807, 2.05) is 18.2 Å². The number of ether oxygens (including phenoxy) is 1. The third-order valence-corrected chi connectivity index (χ3v) is 4.21. The molecule has 4 nitrogen and oxygen atoms in total. The molecule has 1 amide bonds. The zero-order chi connectivity index (χ0) is 15.0. The van der Waals surface area contributed by atoms with E-state index in [0.29, 0.717) is 0 Å². The number of amides is 1. The Kier molecular flexibility index (Phi) is 3.55. The Morgan fingerprint density at radius 2 is 2.05 bits per heavy atom. The van der Waals surface area contributed by atoms with E-state index in [1.54, 1.807) is 14.2 Å². The zero-order valence-corrected chi connectivity index (χ0v) is 12.5. The summed E-state index contributed by atoms with van der Waals surface area (Å²) in [6.07, 6.45) is 0.878. The van der Waals surface area contributed by atoms with Gasteiger partial charge in [-0.3, -0.25) is 9.63 Å². The van der Waals surface area contributed by atoms with Crippen molar-refractivity contribution in [3.05, 3.63) is 42.0 Å². The maximum atomic E-state index is 12.2. The molecule has 2 unspecified atom stereocenters. The summed E-state index contributed by atoms with van der Waals surface area (Å²) in [6.45, 7) is 0. The van der Waals surface area contributed by atoms with E-state index in [9.17, 15) is 4.79 Å². The average Bonchev–Trinajstić information content (AvgIpc) is 3.32. The van der Waals surface area contributed by atoms with Gasteiger partial charge in [-0.25, -0.2) is 5.06 Å². The van der Waals surface area contributed by atoms with Crippen LogP contribution in [0.3, 0.4) is 0 Å². The number of rotatable bonds is 4. The third kappa shape index (κ3) is 2.47. The highest BCUT2D eigenvalue weighted by molar-refractivity contribution is 5.90. The minimum absolute atomic E-state index is 0.0201. The van der Waals surface area contributed by atoms with E-state index >= 15 is 0 Å². The molecule has 1 saturated carbocycles. The van der Waals surface area contributed by atoms with Crippen LogP contribution in [0.5, 0.6) is 5.75 Å². The predicted octanol–water partition coefficient (Wildman–Crippen LogP) is 2.97. The molecule has 0 bridgehead atoms. The highest BCUT2D eigenvalue weighted by Gasteiger charge is 2.46. The summed E-state index contributed by atoms with van der Waals surface area (Å²) in [4.78, 5) is 17.1. The molecule has 0 N–H and O–H groups in total. The summed E-state index contributed by atoms with van der Waals surface area (Å²) in [6, 6.07) is 12.3. The monoisotopic (exact) mass is 285 g/mol. The van der Waals surface area contributed by atoms with Crippen LogP contribution in [-0.2, 0) is 9.63 Å². The molecule has 2 aromatic carbocycles. The summed E-state index contributed by atoms with van der Waals surface area (Å²) >= 11 is 0. The average molecular weight is 285 g/mol. The van der Waals surface area contributed by atoms with E-state index in [4.69, 9.17) is 9.57 Å². The molecular formula is C17H19NO3. The van der Waals surface area contributed by atoms with Gasteiger partial charge in [-0.2, -0.15) is 0 Å². The maximum Gasteiger partial charge on any atom is 0.249 e. The highest BCUT2D eigenvalue weighted by Crippen LogP contribution is 2.50. The van der Waals surface area contributed by atoms with Gasteiger partial charge in [-0.1, -0.05) is 24.3 Å². The predicted molar refractivity (Wildman–Crippen MR) is 81.1 cm³/mol. The van der Waals surface area contributed by atoms with Crippen LogP contribution in [0, 0.1) is 5.92 Å². The number of fused-ring (bicyclic) bond motifs is 1. The molecule has 1 aliphatic carbocycles. The fourth-order valence-corrected chi connectivity index (χ4v) is 2.86. The molecular weight excluding hydrogens is 266 g/mol. The van der Waals surface area contributed by atoms with Crippen molar-refractivity contribution in [2.75, 3.05) is 21.3 Å². The fourth-order valence-electron chi connectivity index (χ4n) is 2.86. The van der Waals surface area contributed by atoms with Gasteiger partial charge >= 0.3 is 0 Å². The topological polar surface area (TPSA) is 38.8 Å². The van der Waals surface area contributed by atoms with Crippen molar-refractivity contribution in [3.63, 3.8) is 0 Å². The molecule has 0 heterocycles.